The third-order valence-electron chi connectivity index (χ3n) is 2.02. The van der Waals surface area contributed by atoms with Gasteiger partial charge in [-0.05, 0) is 18.6 Å². The first-order chi connectivity index (χ1) is 6.27. The van der Waals surface area contributed by atoms with E-state index in [2.05, 4.69) is 11.1 Å². The number of hydrogen-bond donors (Lipinski definition) is 0. The molecule has 0 saturated heterocycles. The molecule has 1 rings (SSSR count). The maximum Gasteiger partial charge on any atom is 0.122 e. The quantitative estimate of drug-likeness (QED) is 0.649. The fourth-order valence-electron chi connectivity index (χ4n) is 1.20. The van der Waals surface area contributed by atoms with Crippen molar-refractivity contribution in [3.63, 3.8) is 0 Å². The first-order valence-corrected chi connectivity index (χ1v) is 4.32. The average molecular weight is 177 g/mol. The zero-order valence-corrected chi connectivity index (χ0v) is 8.37. The molecule has 0 fully saturated rings. The Labute approximate surface area is 79.3 Å². The van der Waals surface area contributed by atoms with Crippen molar-refractivity contribution in [1.82, 2.24) is 0 Å². The van der Waals surface area contributed by atoms with Crippen LogP contribution in [0.2, 0.25) is 0 Å². The van der Waals surface area contributed by atoms with Gasteiger partial charge in [-0.15, -0.1) is 0 Å². The minimum Gasteiger partial charge on any atom is -0.496 e. The monoisotopic (exact) mass is 177 g/mol. The van der Waals surface area contributed by atoms with Gasteiger partial charge in [-0.1, -0.05) is 18.2 Å². The van der Waals surface area contributed by atoms with Crippen molar-refractivity contribution < 1.29 is 4.74 Å². The normalized spacial score (nSPS) is 11.5. The van der Waals surface area contributed by atoms with Crippen molar-refractivity contribution in [3.05, 3.63) is 29.8 Å². The Bertz CT molecular complexity index is 305. The lowest BCUT2D eigenvalue weighted by Gasteiger charge is -2.06. The van der Waals surface area contributed by atoms with Gasteiger partial charge >= 0.3 is 0 Å². The van der Waals surface area contributed by atoms with Gasteiger partial charge in [-0.25, -0.2) is 0 Å². The summed E-state index contributed by atoms with van der Waals surface area (Å²) in [5.41, 5.74) is 2.30. The Balaban J connectivity index is 2.87. The molecule has 0 heterocycles. The van der Waals surface area contributed by atoms with Gasteiger partial charge < -0.3 is 4.74 Å². The lowest BCUT2D eigenvalue weighted by atomic mass is 10.1. The van der Waals surface area contributed by atoms with Crippen LogP contribution in [0.5, 0.6) is 5.75 Å². The van der Waals surface area contributed by atoms with Gasteiger partial charge in [-0.2, -0.15) is 0 Å². The Morgan fingerprint density at radius 3 is 2.69 bits per heavy atom. The predicted octanol–water partition coefficient (Wildman–Crippen LogP) is 2.33. The highest BCUT2D eigenvalue weighted by Gasteiger charge is 2.01. The van der Waals surface area contributed by atoms with E-state index >= 15 is 0 Å². The van der Waals surface area contributed by atoms with E-state index in [1.165, 1.54) is 5.56 Å². The maximum atomic E-state index is 5.24. The molecule has 0 bridgehead atoms. The molecule has 0 aromatic heterocycles. The van der Waals surface area contributed by atoms with Gasteiger partial charge in [0.1, 0.15) is 5.75 Å². The molecule has 70 valence electrons. The zero-order chi connectivity index (χ0) is 9.68. The SMILES string of the molecule is CN=C(C)Cc1ccccc1OC. The molecule has 13 heavy (non-hydrogen) atoms. The molecule has 0 spiro atoms. The summed E-state index contributed by atoms with van der Waals surface area (Å²) in [5.74, 6) is 0.936. The van der Waals surface area contributed by atoms with E-state index in [4.69, 9.17) is 4.74 Å². The van der Waals surface area contributed by atoms with Crippen molar-refractivity contribution in [2.24, 2.45) is 4.99 Å². The Kier molecular flexibility index (Phi) is 3.50. The van der Waals surface area contributed by atoms with Crippen LogP contribution in [-0.4, -0.2) is 19.9 Å². The zero-order valence-electron chi connectivity index (χ0n) is 8.37. The number of methoxy groups -OCH3 is 1. The number of nitrogens with zero attached hydrogens (tertiary/aromatic N) is 1. The molecule has 0 saturated carbocycles. The molecule has 0 unspecified atom stereocenters. The van der Waals surface area contributed by atoms with Crippen LogP contribution >= 0.6 is 0 Å². The molecule has 0 N–H and O–H groups in total. The fourth-order valence-corrected chi connectivity index (χ4v) is 1.20. The molecule has 0 aliphatic heterocycles. The van der Waals surface area contributed by atoms with E-state index in [-0.39, 0.29) is 0 Å². The van der Waals surface area contributed by atoms with Crippen LogP contribution in [0.15, 0.2) is 29.3 Å². The minimum absolute atomic E-state index is 0.862. The van der Waals surface area contributed by atoms with E-state index in [1.54, 1.807) is 7.11 Å². The molecule has 2 heteroatoms. The molecule has 0 atom stereocenters. The topological polar surface area (TPSA) is 21.6 Å². The van der Waals surface area contributed by atoms with Gasteiger partial charge in [-0.3, -0.25) is 4.99 Å². The molecule has 0 aliphatic carbocycles. The fraction of sp³-hybridized carbons (Fsp3) is 0.364. The number of aliphatic imine (C=N–C) groups is 1. The van der Waals surface area contributed by atoms with E-state index in [1.807, 2.05) is 32.2 Å². The minimum atomic E-state index is 0.862. The van der Waals surface area contributed by atoms with Crippen molar-refractivity contribution in [1.29, 1.82) is 0 Å². The third-order valence-corrected chi connectivity index (χ3v) is 2.02. The van der Waals surface area contributed by atoms with Crippen molar-refractivity contribution in [3.8, 4) is 5.75 Å². The van der Waals surface area contributed by atoms with E-state index in [9.17, 15) is 0 Å². The Morgan fingerprint density at radius 2 is 2.08 bits per heavy atom. The molecular weight excluding hydrogens is 162 g/mol. The van der Waals surface area contributed by atoms with Gasteiger partial charge in [0, 0.05) is 19.2 Å². The van der Waals surface area contributed by atoms with Gasteiger partial charge in [0.25, 0.3) is 0 Å². The van der Waals surface area contributed by atoms with Crippen LogP contribution in [0.3, 0.4) is 0 Å². The molecule has 0 amide bonds. The average Bonchev–Trinajstić information content (AvgIpc) is 2.18. The molecule has 1 aromatic rings. The van der Waals surface area contributed by atoms with Crippen LogP contribution in [0.1, 0.15) is 12.5 Å². The van der Waals surface area contributed by atoms with Crippen molar-refractivity contribution in [2.45, 2.75) is 13.3 Å². The summed E-state index contributed by atoms with van der Waals surface area (Å²) in [6.45, 7) is 2.02. The first-order valence-electron chi connectivity index (χ1n) is 4.32. The Hall–Kier alpha value is -1.31. The summed E-state index contributed by atoms with van der Waals surface area (Å²) in [6, 6.07) is 8.02. The molecular formula is C11H15NO. The summed E-state index contributed by atoms with van der Waals surface area (Å²) < 4.78 is 5.24. The molecule has 0 aliphatic rings. The molecule has 1 aromatic carbocycles. The number of ether oxygens (including phenoxy) is 1. The molecule has 2 nitrogen and oxygen atoms in total. The second kappa shape index (κ2) is 4.65. The second-order valence-electron chi connectivity index (χ2n) is 2.95. The van der Waals surface area contributed by atoms with E-state index in [0.29, 0.717) is 0 Å². The number of benzene rings is 1. The van der Waals surface area contributed by atoms with Crippen LogP contribution < -0.4 is 4.74 Å². The summed E-state index contributed by atoms with van der Waals surface area (Å²) >= 11 is 0. The van der Waals surface area contributed by atoms with Gasteiger partial charge in [0.05, 0.1) is 7.11 Å². The van der Waals surface area contributed by atoms with E-state index in [0.717, 1.165) is 17.9 Å². The first kappa shape index (κ1) is 9.78. The highest BCUT2D eigenvalue weighted by atomic mass is 16.5. The van der Waals surface area contributed by atoms with Crippen LogP contribution in [0, 0.1) is 0 Å². The van der Waals surface area contributed by atoms with Crippen LogP contribution in [0.4, 0.5) is 0 Å². The number of rotatable bonds is 3. The van der Waals surface area contributed by atoms with Crippen molar-refractivity contribution in [2.75, 3.05) is 14.2 Å². The highest BCUT2D eigenvalue weighted by molar-refractivity contribution is 5.84. The third kappa shape index (κ3) is 2.58. The summed E-state index contributed by atoms with van der Waals surface area (Å²) in [7, 11) is 3.50. The standard InChI is InChI=1S/C11H15NO/c1-9(12-2)8-10-6-4-5-7-11(10)13-3/h4-7H,8H2,1-3H3. The van der Waals surface area contributed by atoms with E-state index < -0.39 is 0 Å². The lowest BCUT2D eigenvalue weighted by molar-refractivity contribution is 0.411. The van der Waals surface area contributed by atoms with Crippen molar-refractivity contribution >= 4 is 5.71 Å². The van der Waals surface area contributed by atoms with Gasteiger partial charge in [0.15, 0.2) is 0 Å². The number of para-hydroxylation sites is 1. The Morgan fingerprint density at radius 1 is 1.38 bits per heavy atom. The molecule has 0 radical (unpaired) electrons. The van der Waals surface area contributed by atoms with Crippen LogP contribution in [-0.2, 0) is 6.42 Å². The predicted molar refractivity (Wildman–Crippen MR) is 55.7 cm³/mol. The largest absolute Gasteiger partial charge is 0.496 e. The summed E-state index contributed by atoms with van der Waals surface area (Å²) in [6.07, 6.45) is 0.862. The van der Waals surface area contributed by atoms with Crippen LogP contribution in [0.25, 0.3) is 0 Å². The lowest BCUT2D eigenvalue weighted by Crippen LogP contribution is -1.99. The smallest absolute Gasteiger partial charge is 0.122 e. The van der Waals surface area contributed by atoms with Gasteiger partial charge in [0.2, 0.25) is 0 Å². The number of hydrogen-bond acceptors (Lipinski definition) is 2. The maximum absolute atomic E-state index is 5.24. The highest BCUT2D eigenvalue weighted by Crippen LogP contribution is 2.17. The summed E-state index contributed by atoms with van der Waals surface area (Å²) in [5, 5.41) is 0. The summed E-state index contributed by atoms with van der Waals surface area (Å²) in [4.78, 5) is 4.12. The second-order valence-corrected chi connectivity index (χ2v) is 2.95.